The highest BCUT2D eigenvalue weighted by Crippen LogP contribution is 2.20. The number of ether oxygens (including phenoxy) is 2. The number of Topliss-reactive ketones (excluding diaryl/α,β-unsaturated/α-hetero) is 1. The minimum Gasteiger partial charge on any atom is -0.466 e. The van der Waals surface area contributed by atoms with Crippen molar-refractivity contribution < 1.29 is 19.1 Å². The van der Waals surface area contributed by atoms with Gasteiger partial charge in [0.25, 0.3) is 0 Å². The molecule has 18 heavy (non-hydrogen) atoms. The molecule has 5 heteroatoms. The number of morpholine rings is 1. The molecule has 1 aliphatic rings. The molecule has 5 nitrogen and oxygen atoms in total. The zero-order valence-electron chi connectivity index (χ0n) is 11.7. The first-order chi connectivity index (χ1) is 8.32. The third-order valence-corrected chi connectivity index (χ3v) is 2.69. The van der Waals surface area contributed by atoms with Crippen LogP contribution in [0.3, 0.4) is 0 Å². The standard InChI is InChI=1S/C13H23NO4/c1-5-17-12(16)6-11(15)8-14-7-10(2)18-13(3,4)9-14/h10H,5-9H2,1-4H3. The summed E-state index contributed by atoms with van der Waals surface area (Å²) in [5.41, 5.74) is -0.248. The molecule has 0 aromatic heterocycles. The second-order valence-corrected chi connectivity index (χ2v) is 5.38. The monoisotopic (exact) mass is 257 g/mol. The van der Waals surface area contributed by atoms with Gasteiger partial charge >= 0.3 is 5.97 Å². The van der Waals surface area contributed by atoms with E-state index in [4.69, 9.17) is 9.47 Å². The number of ketones is 1. The summed E-state index contributed by atoms with van der Waals surface area (Å²) >= 11 is 0. The van der Waals surface area contributed by atoms with Crippen molar-refractivity contribution in [1.29, 1.82) is 0 Å². The second kappa shape index (κ2) is 6.29. The lowest BCUT2D eigenvalue weighted by molar-refractivity contribution is -0.148. The van der Waals surface area contributed by atoms with Gasteiger partial charge in [0.15, 0.2) is 5.78 Å². The predicted octanol–water partition coefficient (Wildman–Crippen LogP) is 1.01. The van der Waals surface area contributed by atoms with Crippen molar-refractivity contribution in [2.75, 3.05) is 26.2 Å². The van der Waals surface area contributed by atoms with Gasteiger partial charge in [-0.25, -0.2) is 0 Å². The summed E-state index contributed by atoms with van der Waals surface area (Å²) in [5, 5.41) is 0. The summed E-state index contributed by atoms with van der Waals surface area (Å²) in [4.78, 5) is 25.0. The molecular formula is C13H23NO4. The largest absolute Gasteiger partial charge is 0.466 e. The molecule has 0 spiro atoms. The SMILES string of the molecule is CCOC(=O)CC(=O)CN1CC(C)OC(C)(C)C1. The summed E-state index contributed by atoms with van der Waals surface area (Å²) in [6, 6.07) is 0. The van der Waals surface area contributed by atoms with E-state index in [0.717, 1.165) is 6.54 Å². The predicted molar refractivity (Wildman–Crippen MR) is 67.3 cm³/mol. The molecule has 0 aliphatic carbocycles. The molecule has 0 aromatic carbocycles. The van der Waals surface area contributed by atoms with Gasteiger partial charge in [0, 0.05) is 13.1 Å². The van der Waals surface area contributed by atoms with Crippen LogP contribution in [0.25, 0.3) is 0 Å². The van der Waals surface area contributed by atoms with E-state index in [0.29, 0.717) is 13.2 Å². The Balaban J connectivity index is 2.42. The molecular weight excluding hydrogens is 234 g/mol. The molecule has 1 atom stereocenters. The van der Waals surface area contributed by atoms with Crippen LogP contribution in [0.4, 0.5) is 0 Å². The van der Waals surface area contributed by atoms with Gasteiger partial charge in [-0.1, -0.05) is 0 Å². The maximum absolute atomic E-state index is 11.7. The van der Waals surface area contributed by atoms with E-state index in [1.807, 2.05) is 25.7 Å². The summed E-state index contributed by atoms with van der Waals surface area (Å²) in [7, 11) is 0. The highest BCUT2D eigenvalue weighted by molar-refractivity contribution is 5.96. The normalized spacial score (nSPS) is 23.7. The van der Waals surface area contributed by atoms with Crippen LogP contribution in [0.2, 0.25) is 0 Å². The Morgan fingerprint density at radius 3 is 2.67 bits per heavy atom. The van der Waals surface area contributed by atoms with Gasteiger partial charge in [-0.05, 0) is 27.7 Å². The molecule has 0 radical (unpaired) electrons. The number of carbonyl (C=O) groups is 2. The molecule has 0 amide bonds. The lowest BCUT2D eigenvalue weighted by atomic mass is 10.1. The Kier molecular flexibility index (Phi) is 5.28. The van der Waals surface area contributed by atoms with E-state index >= 15 is 0 Å². The fourth-order valence-electron chi connectivity index (χ4n) is 2.38. The van der Waals surface area contributed by atoms with Gasteiger partial charge in [-0.3, -0.25) is 14.5 Å². The van der Waals surface area contributed by atoms with Gasteiger partial charge in [0.2, 0.25) is 0 Å². The molecule has 0 saturated carbocycles. The number of nitrogens with zero attached hydrogens (tertiary/aromatic N) is 1. The fraction of sp³-hybridized carbons (Fsp3) is 0.846. The quantitative estimate of drug-likeness (QED) is 0.543. The molecule has 1 unspecified atom stereocenters. The average molecular weight is 257 g/mol. The van der Waals surface area contributed by atoms with Crippen LogP contribution in [0, 0.1) is 0 Å². The van der Waals surface area contributed by atoms with Gasteiger partial charge in [-0.15, -0.1) is 0 Å². The summed E-state index contributed by atoms with van der Waals surface area (Å²) < 4.78 is 10.5. The Morgan fingerprint density at radius 1 is 1.44 bits per heavy atom. The molecule has 0 N–H and O–H groups in total. The summed E-state index contributed by atoms with van der Waals surface area (Å²) in [5.74, 6) is -0.540. The average Bonchev–Trinajstić information content (AvgIpc) is 2.12. The van der Waals surface area contributed by atoms with E-state index in [2.05, 4.69) is 0 Å². The minimum absolute atomic E-state index is 0.0987. The lowest BCUT2D eigenvalue weighted by Gasteiger charge is -2.41. The van der Waals surface area contributed by atoms with Crippen molar-refractivity contribution in [2.24, 2.45) is 0 Å². The molecule has 0 aromatic rings. The summed E-state index contributed by atoms with van der Waals surface area (Å²) in [6.45, 7) is 9.75. The molecule has 1 fully saturated rings. The Morgan fingerprint density at radius 2 is 2.11 bits per heavy atom. The van der Waals surface area contributed by atoms with Crippen LogP contribution in [-0.2, 0) is 19.1 Å². The van der Waals surface area contributed by atoms with E-state index in [1.54, 1.807) is 6.92 Å². The van der Waals surface area contributed by atoms with Crippen molar-refractivity contribution in [3.8, 4) is 0 Å². The first-order valence-electron chi connectivity index (χ1n) is 6.40. The zero-order chi connectivity index (χ0) is 13.8. The fourth-order valence-corrected chi connectivity index (χ4v) is 2.38. The van der Waals surface area contributed by atoms with E-state index in [-0.39, 0.29) is 30.5 Å². The van der Waals surface area contributed by atoms with E-state index < -0.39 is 5.97 Å². The Labute approximate surface area is 108 Å². The minimum atomic E-state index is -0.442. The maximum Gasteiger partial charge on any atom is 0.313 e. The highest BCUT2D eigenvalue weighted by atomic mass is 16.5. The number of esters is 1. The second-order valence-electron chi connectivity index (χ2n) is 5.38. The lowest BCUT2D eigenvalue weighted by Crippen LogP contribution is -2.53. The van der Waals surface area contributed by atoms with Crippen LogP contribution >= 0.6 is 0 Å². The third kappa shape index (κ3) is 5.14. The first kappa shape index (κ1) is 15.1. The smallest absolute Gasteiger partial charge is 0.313 e. The van der Waals surface area contributed by atoms with Gasteiger partial charge in [-0.2, -0.15) is 0 Å². The van der Waals surface area contributed by atoms with Crippen LogP contribution < -0.4 is 0 Å². The molecule has 1 rings (SSSR count). The molecule has 104 valence electrons. The number of carbonyl (C=O) groups excluding carboxylic acids is 2. The van der Waals surface area contributed by atoms with Crippen LogP contribution in [0.1, 0.15) is 34.1 Å². The molecule has 0 bridgehead atoms. The highest BCUT2D eigenvalue weighted by Gasteiger charge is 2.32. The Bertz CT molecular complexity index is 314. The first-order valence-corrected chi connectivity index (χ1v) is 6.40. The molecule has 1 saturated heterocycles. The van der Waals surface area contributed by atoms with Crippen LogP contribution in [0.5, 0.6) is 0 Å². The number of hydrogen-bond donors (Lipinski definition) is 0. The molecule has 1 aliphatic heterocycles. The summed E-state index contributed by atoms with van der Waals surface area (Å²) in [6.07, 6.45) is -0.0378. The molecule has 1 heterocycles. The van der Waals surface area contributed by atoms with Crippen molar-refractivity contribution in [1.82, 2.24) is 4.90 Å². The van der Waals surface area contributed by atoms with E-state index in [1.165, 1.54) is 0 Å². The third-order valence-electron chi connectivity index (χ3n) is 2.69. The van der Waals surface area contributed by atoms with Crippen molar-refractivity contribution in [3.05, 3.63) is 0 Å². The van der Waals surface area contributed by atoms with Gasteiger partial charge in [0.1, 0.15) is 6.42 Å². The maximum atomic E-state index is 11.7. The van der Waals surface area contributed by atoms with Crippen molar-refractivity contribution in [2.45, 2.75) is 45.8 Å². The van der Waals surface area contributed by atoms with Crippen molar-refractivity contribution >= 4 is 11.8 Å². The van der Waals surface area contributed by atoms with Gasteiger partial charge in [0.05, 0.1) is 24.9 Å². The van der Waals surface area contributed by atoms with Crippen molar-refractivity contribution in [3.63, 3.8) is 0 Å². The van der Waals surface area contributed by atoms with Gasteiger partial charge < -0.3 is 9.47 Å². The van der Waals surface area contributed by atoms with Crippen LogP contribution in [0.15, 0.2) is 0 Å². The topological polar surface area (TPSA) is 55.8 Å². The Hall–Kier alpha value is -0.940. The van der Waals surface area contributed by atoms with Crippen LogP contribution in [-0.4, -0.2) is 54.6 Å². The number of rotatable bonds is 5. The zero-order valence-corrected chi connectivity index (χ0v) is 11.7. The number of hydrogen-bond acceptors (Lipinski definition) is 5. The van der Waals surface area contributed by atoms with E-state index in [9.17, 15) is 9.59 Å².